The summed E-state index contributed by atoms with van der Waals surface area (Å²) in [6.07, 6.45) is 1.65. The average molecular weight is 271 g/mol. The number of aromatic nitrogens is 2. The van der Waals surface area contributed by atoms with Crippen LogP contribution in [0.3, 0.4) is 0 Å². The summed E-state index contributed by atoms with van der Waals surface area (Å²) in [5, 5.41) is 0.724. The molecular formula is C12H9Cl2FN2. The fraction of sp³-hybridized carbons (Fsp3) is 0.167. The number of nitrogens with zero attached hydrogens (tertiary/aromatic N) is 2. The first kappa shape index (κ1) is 12.3. The second-order valence-electron chi connectivity index (χ2n) is 3.67. The summed E-state index contributed by atoms with van der Waals surface area (Å²) in [6.45, 7) is 1.70. The van der Waals surface area contributed by atoms with Gasteiger partial charge in [-0.2, -0.15) is 0 Å². The van der Waals surface area contributed by atoms with E-state index in [1.165, 1.54) is 6.33 Å². The summed E-state index contributed by atoms with van der Waals surface area (Å²) in [6, 6.07) is 4.92. The van der Waals surface area contributed by atoms with Crippen molar-refractivity contribution >= 4 is 23.2 Å². The zero-order valence-corrected chi connectivity index (χ0v) is 10.6. The zero-order valence-electron chi connectivity index (χ0n) is 9.04. The van der Waals surface area contributed by atoms with Crippen molar-refractivity contribution in [2.45, 2.75) is 13.3 Å². The monoisotopic (exact) mass is 270 g/mol. The molecule has 0 aliphatic rings. The van der Waals surface area contributed by atoms with Gasteiger partial charge in [0.25, 0.3) is 0 Å². The highest BCUT2D eigenvalue weighted by Gasteiger charge is 2.11. The molecule has 0 saturated heterocycles. The van der Waals surface area contributed by atoms with Crippen molar-refractivity contribution in [3.8, 4) is 0 Å². The molecule has 17 heavy (non-hydrogen) atoms. The van der Waals surface area contributed by atoms with Crippen LogP contribution in [0.15, 0.2) is 24.5 Å². The molecule has 0 bridgehead atoms. The van der Waals surface area contributed by atoms with Crippen molar-refractivity contribution < 1.29 is 4.39 Å². The van der Waals surface area contributed by atoms with E-state index in [1.54, 1.807) is 25.1 Å². The molecule has 1 heterocycles. The summed E-state index contributed by atoms with van der Waals surface area (Å²) in [5.41, 5.74) is 1.63. The fourth-order valence-electron chi connectivity index (χ4n) is 1.52. The molecule has 0 unspecified atom stereocenters. The summed E-state index contributed by atoms with van der Waals surface area (Å²) in [4.78, 5) is 7.80. The summed E-state index contributed by atoms with van der Waals surface area (Å²) in [5.74, 6) is -0.299. The van der Waals surface area contributed by atoms with Gasteiger partial charge in [0.05, 0.1) is 0 Å². The van der Waals surface area contributed by atoms with Crippen molar-refractivity contribution in [3.63, 3.8) is 0 Å². The second kappa shape index (κ2) is 4.98. The maximum Gasteiger partial charge on any atom is 0.132 e. The van der Waals surface area contributed by atoms with Crippen molar-refractivity contribution in [1.82, 2.24) is 9.97 Å². The van der Waals surface area contributed by atoms with Gasteiger partial charge < -0.3 is 0 Å². The molecular weight excluding hydrogens is 262 g/mol. The van der Waals surface area contributed by atoms with Gasteiger partial charge in [0.1, 0.15) is 17.3 Å². The van der Waals surface area contributed by atoms with Gasteiger partial charge in [-0.3, -0.25) is 0 Å². The van der Waals surface area contributed by atoms with Crippen molar-refractivity contribution in [3.05, 3.63) is 57.3 Å². The van der Waals surface area contributed by atoms with Crippen molar-refractivity contribution in [2.24, 2.45) is 0 Å². The average Bonchev–Trinajstić information content (AvgIpc) is 2.30. The predicted molar refractivity (Wildman–Crippen MR) is 66.0 cm³/mol. The van der Waals surface area contributed by atoms with Gasteiger partial charge in [-0.15, -0.1) is 0 Å². The number of halogens is 3. The van der Waals surface area contributed by atoms with Crippen molar-refractivity contribution in [1.29, 1.82) is 0 Å². The van der Waals surface area contributed by atoms with E-state index in [4.69, 9.17) is 23.2 Å². The summed E-state index contributed by atoms with van der Waals surface area (Å²) in [7, 11) is 0. The van der Waals surface area contributed by atoms with Crippen LogP contribution in [-0.4, -0.2) is 9.97 Å². The molecule has 0 amide bonds. The molecule has 1 aromatic carbocycles. The van der Waals surface area contributed by atoms with Crippen LogP contribution < -0.4 is 0 Å². The smallest absolute Gasteiger partial charge is 0.132 e. The molecule has 0 radical (unpaired) electrons. The van der Waals surface area contributed by atoms with Crippen molar-refractivity contribution in [2.75, 3.05) is 0 Å². The Kier molecular flexibility index (Phi) is 3.60. The maximum absolute atomic E-state index is 13.9. The topological polar surface area (TPSA) is 25.8 Å². The third kappa shape index (κ3) is 2.73. The van der Waals surface area contributed by atoms with E-state index in [9.17, 15) is 4.39 Å². The third-order valence-corrected chi connectivity index (χ3v) is 2.99. The second-order valence-corrected chi connectivity index (χ2v) is 4.46. The molecule has 1 aromatic heterocycles. The van der Waals surface area contributed by atoms with Gasteiger partial charge in [-0.25, -0.2) is 14.4 Å². The van der Waals surface area contributed by atoms with E-state index in [2.05, 4.69) is 9.97 Å². The maximum atomic E-state index is 13.9. The van der Waals surface area contributed by atoms with Crippen LogP contribution >= 0.6 is 23.2 Å². The van der Waals surface area contributed by atoms with Crippen LogP contribution in [-0.2, 0) is 6.42 Å². The Morgan fingerprint density at radius 1 is 1.24 bits per heavy atom. The van der Waals surface area contributed by atoms with E-state index in [-0.39, 0.29) is 5.82 Å². The molecule has 0 N–H and O–H groups in total. The molecule has 2 rings (SSSR count). The van der Waals surface area contributed by atoms with Gasteiger partial charge in [0, 0.05) is 22.7 Å². The van der Waals surface area contributed by atoms with Gasteiger partial charge in [-0.05, 0) is 24.6 Å². The Labute approximate surface area is 108 Å². The highest BCUT2D eigenvalue weighted by atomic mass is 35.5. The predicted octanol–water partition coefficient (Wildman–Crippen LogP) is 3.82. The molecule has 2 nitrogen and oxygen atoms in total. The zero-order chi connectivity index (χ0) is 12.4. The fourth-order valence-corrected chi connectivity index (χ4v) is 1.91. The van der Waals surface area contributed by atoms with E-state index in [0.717, 1.165) is 0 Å². The summed E-state index contributed by atoms with van der Waals surface area (Å²) < 4.78 is 13.9. The SMILES string of the molecule is Cc1ccc(Cl)c(Cc2cc(Cl)ncn2)c1F. The highest BCUT2D eigenvalue weighted by Crippen LogP contribution is 2.24. The molecule has 88 valence electrons. The molecule has 0 spiro atoms. The van der Waals surface area contributed by atoms with E-state index >= 15 is 0 Å². The van der Waals surface area contributed by atoms with Gasteiger partial charge in [0.2, 0.25) is 0 Å². The first-order chi connectivity index (χ1) is 8.08. The van der Waals surface area contributed by atoms with Crippen LogP contribution in [0.5, 0.6) is 0 Å². The van der Waals surface area contributed by atoms with Crippen LogP contribution in [0.1, 0.15) is 16.8 Å². The number of benzene rings is 1. The Morgan fingerprint density at radius 3 is 2.71 bits per heavy atom. The molecule has 0 aliphatic carbocycles. The largest absolute Gasteiger partial charge is 0.241 e. The minimum absolute atomic E-state index is 0.299. The van der Waals surface area contributed by atoms with Crippen LogP contribution in [0, 0.1) is 12.7 Å². The van der Waals surface area contributed by atoms with Gasteiger partial charge in [-0.1, -0.05) is 29.3 Å². The highest BCUT2D eigenvalue weighted by molar-refractivity contribution is 6.31. The van der Waals surface area contributed by atoms with Crippen LogP contribution in [0.4, 0.5) is 4.39 Å². The Morgan fingerprint density at radius 2 is 2.00 bits per heavy atom. The molecule has 0 aliphatic heterocycles. The standard InChI is InChI=1S/C12H9Cl2FN2/c1-7-2-3-10(13)9(12(7)15)4-8-5-11(14)17-6-16-8/h2-3,5-6H,4H2,1H3. The quantitative estimate of drug-likeness (QED) is 0.776. The Balaban J connectivity index is 2.39. The first-order valence-corrected chi connectivity index (χ1v) is 5.73. The van der Waals surface area contributed by atoms with Gasteiger partial charge in [0.15, 0.2) is 0 Å². The molecule has 0 fully saturated rings. The van der Waals surface area contributed by atoms with E-state index in [1.807, 2.05) is 0 Å². The lowest BCUT2D eigenvalue weighted by atomic mass is 10.1. The van der Waals surface area contributed by atoms with E-state index < -0.39 is 0 Å². The number of rotatable bonds is 2. The van der Waals surface area contributed by atoms with Crippen LogP contribution in [0.25, 0.3) is 0 Å². The lowest BCUT2D eigenvalue weighted by molar-refractivity contribution is 0.604. The molecule has 2 aromatic rings. The van der Waals surface area contributed by atoms with Crippen LogP contribution in [0.2, 0.25) is 10.2 Å². The normalized spacial score (nSPS) is 10.6. The minimum Gasteiger partial charge on any atom is -0.241 e. The molecule has 0 saturated carbocycles. The van der Waals surface area contributed by atoms with E-state index in [0.29, 0.717) is 33.4 Å². The molecule has 5 heteroatoms. The number of hydrogen-bond donors (Lipinski definition) is 0. The minimum atomic E-state index is -0.299. The number of aryl methyl sites for hydroxylation is 1. The number of hydrogen-bond acceptors (Lipinski definition) is 2. The lowest BCUT2D eigenvalue weighted by Gasteiger charge is -2.07. The first-order valence-electron chi connectivity index (χ1n) is 4.98. The molecule has 0 atom stereocenters. The lowest BCUT2D eigenvalue weighted by Crippen LogP contribution is -1.99. The Bertz CT molecular complexity index is 558. The summed E-state index contributed by atoms with van der Waals surface area (Å²) >= 11 is 11.7. The van der Waals surface area contributed by atoms with Gasteiger partial charge >= 0.3 is 0 Å². The third-order valence-electron chi connectivity index (χ3n) is 2.43. The Hall–Kier alpha value is -1.19.